The Hall–Kier alpha value is -1.08. The van der Waals surface area contributed by atoms with Crippen LogP contribution in [0.1, 0.15) is 92.4 Å². The summed E-state index contributed by atoms with van der Waals surface area (Å²) < 4.78 is 0. The molecule has 1 amide bonds. The summed E-state index contributed by atoms with van der Waals surface area (Å²) in [6, 6.07) is 0. The SMILES string of the molecule is CCCCC(CC)CN(CC(CC)CCCC)C(=O)CC(C)=C=O. The van der Waals surface area contributed by atoms with Gasteiger partial charge in [0.2, 0.25) is 5.91 Å². The van der Waals surface area contributed by atoms with Gasteiger partial charge in [-0.15, -0.1) is 0 Å². The largest absolute Gasteiger partial charge is 0.342 e. The van der Waals surface area contributed by atoms with Crippen molar-refractivity contribution in [2.24, 2.45) is 11.8 Å². The van der Waals surface area contributed by atoms with Gasteiger partial charge < -0.3 is 4.90 Å². The lowest BCUT2D eigenvalue weighted by molar-refractivity contribution is -0.131. The van der Waals surface area contributed by atoms with Crippen LogP contribution in [0.4, 0.5) is 0 Å². The van der Waals surface area contributed by atoms with Gasteiger partial charge in [-0.2, -0.15) is 0 Å². The van der Waals surface area contributed by atoms with Gasteiger partial charge in [0.15, 0.2) is 0 Å². The molecule has 0 bridgehead atoms. The number of carbonyl (C=O) groups excluding carboxylic acids is 2. The van der Waals surface area contributed by atoms with Crippen LogP contribution in [0.2, 0.25) is 0 Å². The molecule has 0 saturated carbocycles. The molecule has 140 valence electrons. The lowest BCUT2D eigenvalue weighted by atomic mass is 9.95. The predicted octanol–water partition coefficient (Wildman–Crippen LogP) is 5.42. The molecule has 0 radical (unpaired) electrons. The molecule has 0 aromatic carbocycles. The van der Waals surface area contributed by atoms with Gasteiger partial charge in [-0.1, -0.05) is 66.2 Å². The van der Waals surface area contributed by atoms with E-state index >= 15 is 0 Å². The average Bonchev–Trinajstić information content (AvgIpc) is 2.60. The van der Waals surface area contributed by atoms with Gasteiger partial charge in [0, 0.05) is 18.7 Å². The molecular weight excluding hydrogens is 298 g/mol. The third kappa shape index (κ3) is 9.93. The van der Waals surface area contributed by atoms with Crippen LogP contribution < -0.4 is 0 Å². The van der Waals surface area contributed by atoms with Gasteiger partial charge >= 0.3 is 0 Å². The van der Waals surface area contributed by atoms with Crippen molar-refractivity contribution in [3.8, 4) is 0 Å². The first-order valence-corrected chi connectivity index (χ1v) is 10.00. The first-order chi connectivity index (χ1) is 11.5. The van der Waals surface area contributed by atoms with Crippen LogP contribution in [0.15, 0.2) is 5.57 Å². The summed E-state index contributed by atoms with van der Waals surface area (Å²) in [6.45, 7) is 12.2. The van der Waals surface area contributed by atoms with Crippen molar-refractivity contribution in [2.45, 2.75) is 92.4 Å². The summed E-state index contributed by atoms with van der Waals surface area (Å²) in [6.07, 6.45) is 9.66. The minimum atomic E-state index is 0.0979. The standard InChI is InChI=1S/C21H39NO2/c1-6-10-12-19(8-3)15-22(21(24)14-18(5)17-23)16-20(9-4)13-11-7-2/h19-20H,6-16H2,1-5H3. The first kappa shape index (κ1) is 22.9. The Labute approximate surface area is 149 Å². The molecule has 3 nitrogen and oxygen atoms in total. The fourth-order valence-electron chi connectivity index (χ4n) is 3.11. The maximum atomic E-state index is 12.7. The molecule has 0 saturated heterocycles. The maximum Gasteiger partial charge on any atom is 0.227 e. The average molecular weight is 338 g/mol. The van der Waals surface area contributed by atoms with E-state index in [-0.39, 0.29) is 12.3 Å². The first-order valence-electron chi connectivity index (χ1n) is 10.00. The molecule has 0 N–H and O–H groups in total. The highest BCUT2D eigenvalue weighted by Gasteiger charge is 2.21. The van der Waals surface area contributed by atoms with E-state index < -0.39 is 0 Å². The van der Waals surface area contributed by atoms with Crippen molar-refractivity contribution in [3.63, 3.8) is 0 Å². The molecule has 0 aliphatic heterocycles. The predicted molar refractivity (Wildman–Crippen MR) is 103 cm³/mol. The number of hydrogen-bond acceptors (Lipinski definition) is 2. The summed E-state index contributed by atoms with van der Waals surface area (Å²) in [5.74, 6) is 3.11. The zero-order valence-electron chi connectivity index (χ0n) is 16.7. The fraction of sp³-hybridized carbons (Fsp3) is 0.857. The molecule has 2 atom stereocenters. The number of rotatable bonds is 14. The van der Waals surface area contributed by atoms with E-state index in [1.54, 1.807) is 6.92 Å². The second kappa shape index (κ2) is 14.3. The summed E-state index contributed by atoms with van der Waals surface area (Å²) in [5, 5.41) is 0. The van der Waals surface area contributed by atoms with Crippen molar-refractivity contribution in [3.05, 3.63) is 5.57 Å². The third-order valence-electron chi connectivity index (χ3n) is 4.99. The van der Waals surface area contributed by atoms with Crippen molar-refractivity contribution < 1.29 is 9.59 Å². The summed E-state index contributed by atoms with van der Waals surface area (Å²) in [5.41, 5.74) is 0.508. The number of hydrogen-bond donors (Lipinski definition) is 0. The van der Waals surface area contributed by atoms with Crippen molar-refractivity contribution in [2.75, 3.05) is 13.1 Å². The fourth-order valence-corrected chi connectivity index (χ4v) is 3.11. The maximum absolute atomic E-state index is 12.7. The van der Waals surface area contributed by atoms with E-state index in [0.717, 1.165) is 25.9 Å². The van der Waals surface area contributed by atoms with Gasteiger partial charge in [0.25, 0.3) is 0 Å². The van der Waals surface area contributed by atoms with Gasteiger partial charge in [-0.25, -0.2) is 4.79 Å². The van der Waals surface area contributed by atoms with E-state index in [1.165, 1.54) is 38.5 Å². The smallest absolute Gasteiger partial charge is 0.227 e. The van der Waals surface area contributed by atoms with Gasteiger partial charge in [0.1, 0.15) is 5.94 Å². The molecule has 2 unspecified atom stereocenters. The Morgan fingerprint density at radius 1 is 0.917 bits per heavy atom. The molecule has 0 spiro atoms. The van der Waals surface area contributed by atoms with Crippen molar-refractivity contribution >= 4 is 11.8 Å². The summed E-state index contributed by atoms with van der Waals surface area (Å²) in [7, 11) is 0. The van der Waals surface area contributed by atoms with E-state index in [1.807, 2.05) is 10.8 Å². The van der Waals surface area contributed by atoms with E-state index in [4.69, 9.17) is 0 Å². The van der Waals surface area contributed by atoms with Crippen LogP contribution >= 0.6 is 0 Å². The van der Waals surface area contributed by atoms with Gasteiger partial charge in [-0.05, 0) is 31.6 Å². The molecule has 0 rings (SSSR count). The molecule has 0 aromatic rings. The lowest BCUT2D eigenvalue weighted by Crippen LogP contribution is -2.39. The van der Waals surface area contributed by atoms with Crippen LogP contribution in [0, 0.1) is 11.8 Å². The Kier molecular flexibility index (Phi) is 13.6. The summed E-state index contributed by atoms with van der Waals surface area (Å²) in [4.78, 5) is 25.5. The molecule has 0 fully saturated rings. The highest BCUT2D eigenvalue weighted by molar-refractivity contribution is 5.81. The highest BCUT2D eigenvalue weighted by Crippen LogP contribution is 2.20. The summed E-state index contributed by atoms with van der Waals surface area (Å²) >= 11 is 0. The second-order valence-corrected chi connectivity index (χ2v) is 7.19. The zero-order chi connectivity index (χ0) is 18.4. The van der Waals surface area contributed by atoms with Crippen LogP contribution in [-0.4, -0.2) is 29.8 Å². The van der Waals surface area contributed by atoms with Crippen LogP contribution in [0.25, 0.3) is 0 Å². The van der Waals surface area contributed by atoms with Crippen molar-refractivity contribution in [1.82, 2.24) is 4.90 Å². The molecule has 3 heteroatoms. The highest BCUT2D eigenvalue weighted by atomic mass is 16.2. The van der Waals surface area contributed by atoms with Gasteiger partial charge in [-0.3, -0.25) is 4.79 Å². The van der Waals surface area contributed by atoms with Gasteiger partial charge in [0.05, 0.1) is 6.42 Å². The van der Waals surface area contributed by atoms with Crippen molar-refractivity contribution in [1.29, 1.82) is 0 Å². The van der Waals surface area contributed by atoms with E-state index in [9.17, 15) is 9.59 Å². The molecule has 0 aliphatic rings. The number of nitrogens with zero attached hydrogens (tertiary/aromatic N) is 1. The topological polar surface area (TPSA) is 37.4 Å². The van der Waals surface area contributed by atoms with Crippen LogP contribution in [0.3, 0.4) is 0 Å². The number of unbranched alkanes of at least 4 members (excludes halogenated alkanes) is 2. The normalized spacial score (nSPS) is 13.2. The number of amides is 1. The molecule has 0 aliphatic carbocycles. The Bertz CT molecular complexity index is 367. The monoisotopic (exact) mass is 337 g/mol. The van der Waals surface area contributed by atoms with E-state index in [0.29, 0.717) is 17.4 Å². The minimum absolute atomic E-state index is 0.0979. The second-order valence-electron chi connectivity index (χ2n) is 7.19. The molecule has 24 heavy (non-hydrogen) atoms. The van der Waals surface area contributed by atoms with Crippen LogP contribution in [-0.2, 0) is 9.59 Å². The number of carbonyl (C=O) groups is 1. The Morgan fingerprint density at radius 3 is 1.71 bits per heavy atom. The molecular formula is C21H39NO2. The third-order valence-corrected chi connectivity index (χ3v) is 4.99. The minimum Gasteiger partial charge on any atom is -0.342 e. The molecule has 0 aromatic heterocycles. The van der Waals surface area contributed by atoms with E-state index in [2.05, 4.69) is 27.7 Å². The quantitative estimate of drug-likeness (QED) is 0.397. The Balaban J connectivity index is 4.96. The lowest BCUT2D eigenvalue weighted by Gasteiger charge is -2.31. The Morgan fingerprint density at radius 2 is 1.38 bits per heavy atom. The van der Waals surface area contributed by atoms with Crippen LogP contribution in [0.5, 0.6) is 0 Å². The molecule has 0 heterocycles. The zero-order valence-corrected chi connectivity index (χ0v) is 16.7.